The molecule has 30 heavy (non-hydrogen) atoms. The molecule has 0 unspecified atom stereocenters. The van der Waals surface area contributed by atoms with Crippen LogP contribution in [0.15, 0.2) is 78.4 Å². The largest absolute Gasteiger partial charge is 0.497 e. The minimum absolute atomic E-state index is 0.0773. The number of benzene rings is 2. The minimum atomic E-state index is -0.0773. The third kappa shape index (κ3) is 5.01. The molecule has 4 aromatic rings. The predicted octanol–water partition coefficient (Wildman–Crippen LogP) is 5.14. The maximum absolute atomic E-state index is 12.4. The third-order valence-corrected chi connectivity index (χ3v) is 5.16. The van der Waals surface area contributed by atoms with Crippen molar-refractivity contribution in [1.29, 1.82) is 0 Å². The normalized spacial score (nSPS) is 10.4. The van der Waals surface area contributed by atoms with Crippen molar-refractivity contribution in [2.24, 2.45) is 0 Å². The van der Waals surface area contributed by atoms with Gasteiger partial charge in [-0.3, -0.25) is 9.78 Å². The van der Waals surface area contributed by atoms with Crippen LogP contribution in [0.2, 0.25) is 0 Å². The Morgan fingerprint density at radius 1 is 1.03 bits per heavy atom. The molecule has 2 N–H and O–H groups in total. The molecule has 0 spiro atoms. The zero-order chi connectivity index (χ0) is 20.8. The number of pyridine rings is 1. The minimum Gasteiger partial charge on any atom is -0.497 e. The molecule has 2 aromatic heterocycles. The first-order chi connectivity index (χ1) is 14.7. The van der Waals surface area contributed by atoms with Crippen molar-refractivity contribution >= 4 is 33.8 Å². The van der Waals surface area contributed by atoms with Crippen molar-refractivity contribution in [1.82, 2.24) is 9.97 Å². The lowest BCUT2D eigenvalue weighted by atomic mass is 10.1. The summed E-state index contributed by atoms with van der Waals surface area (Å²) >= 11 is 1.52. The van der Waals surface area contributed by atoms with Gasteiger partial charge < -0.3 is 15.4 Å². The lowest BCUT2D eigenvalue weighted by molar-refractivity contribution is -0.115. The van der Waals surface area contributed by atoms with Crippen LogP contribution in [0.1, 0.15) is 5.56 Å². The summed E-state index contributed by atoms with van der Waals surface area (Å²) in [6.45, 7) is 0. The second kappa shape index (κ2) is 9.19. The fraction of sp³-hybridized carbons (Fsp3) is 0.0870. The van der Waals surface area contributed by atoms with E-state index in [-0.39, 0.29) is 5.91 Å². The predicted molar refractivity (Wildman–Crippen MR) is 120 cm³/mol. The molecule has 4 rings (SSSR count). The molecule has 7 heteroatoms. The Morgan fingerprint density at radius 3 is 2.57 bits per heavy atom. The highest BCUT2D eigenvalue weighted by Crippen LogP contribution is 2.27. The van der Waals surface area contributed by atoms with E-state index in [4.69, 9.17) is 4.74 Å². The molecule has 1 amide bonds. The summed E-state index contributed by atoms with van der Waals surface area (Å²) in [5, 5.41) is 9.02. The second-order valence-electron chi connectivity index (χ2n) is 6.55. The number of hydrogen-bond donors (Lipinski definition) is 2. The van der Waals surface area contributed by atoms with E-state index in [1.54, 1.807) is 19.5 Å². The van der Waals surface area contributed by atoms with Crippen LogP contribution in [-0.2, 0) is 11.2 Å². The van der Waals surface area contributed by atoms with Gasteiger partial charge in [-0.25, -0.2) is 4.98 Å². The van der Waals surface area contributed by atoms with Crippen LogP contribution >= 0.6 is 11.3 Å². The molecule has 0 aliphatic heterocycles. The quantitative estimate of drug-likeness (QED) is 0.436. The number of anilines is 3. The van der Waals surface area contributed by atoms with Gasteiger partial charge >= 0.3 is 0 Å². The molecule has 2 heterocycles. The zero-order valence-corrected chi connectivity index (χ0v) is 17.1. The molecule has 6 nitrogen and oxygen atoms in total. The molecule has 0 fully saturated rings. The van der Waals surface area contributed by atoms with Gasteiger partial charge in [0.2, 0.25) is 5.91 Å². The molecule has 0 saturated heterocycles. The molecule has 0 aliphatic carbocycles. The molecule has 150 valence electrons. The van der Waals surface area contributed by atoms with E-state index in [0.717, 1.165) is 39.1 Å². The lowest BCUT2D eigenvalue weighted by Crippen LogP contribution is -2.14. The number of nitrogens with zero attached hydrogens (tertiary/aromatic N) is 2. The molecule has 0 aliphatic rings. The number of hydrogen-bond acceptors (Lipinski definition) is 6. The van der Waals surface area contributed by atoms with Gasteiger partial charge in [0.25, 0.3) is 0 Å². The Bertz CT molecular complexity index is 1130. The molecule has 0 saturated carbocycles. The van der Waals surface area contributed by atoms with Crippen LogP contribution < -0.4 is 15.4 Å². The Morgan fingerprint density at radius 2 is 1.80 bits per heavy atom. The Labute approximate surface area is 178 Å². The smallest absolute Gasteiger partial charge is 0.228 e. The average molecular weight is 417 g/mol. The summed E-state index contributed by atoms with van der Waals surface area (Å²) in [7, 11) is 1.62. The van der Waals surface area contributed by atoms with Gasteiger partial charge in [0.1, 0.15) is 5.75 Å². The first-order valence-electron chi connectivity index (χ1n) is 9.35. The standard InChI is InChI=1S/C23H20N4O2S/c1-29-20-7-5-16(6-8-20)13-22(28)25-18-3-2-4-19(14-18)26-23-27-21(15-30-23)17-9-11-24-12-10-17/h2-12,14-15H,13H2,1H3,(H,25,28)(H,26,27). The highest BCUT2D eigenvalue weighted by atomic mass is 32.1. The van der Waals surface area contributed by atoms with Crippen LogP contribution in [0.25, 0.3) is 11.3 Å². The summed E-state index contributed by atoms with van der Waals surface area (Å²) in [6, 6.07) is 18.9. The number of rotatable bonds is 7. The number of thiazole rings is 1. The van der Waals surface area contributed by atoms with E-state index in [1.165, 1.54) is 11.3 Å². The first kappa shape index (κ1) is 19.6. The van der Waals surface area contributed by atoms with E-state index in [9.17, 15) is 4.79 Å². The number of carbonyl (C=O) groups is 1. The summed E-state index contributed by atoms with van der Waals surface area (Å²) in [5.41, 5.74) is 4.43. The summed E-state index contributed by atoms with van der Waals surface area (Å²) in [6.07, 6.45) is 3.79. The number of aromatic nitrogens is 2. The number of carbonyl (C=O) groups excluding carboxylic acids is 1. The number of amides is 1. The van der Waals surface area contributed by atoms with Crippen LogP contribution in [0.5, 0.6) is 5.75 Å². The van der Waals surface area contributed by atoms with E-state index in [2.05, 4.69) is 20.6 Å². The monoisotopic (exact) mass is 416 g/mol. The van der Waals surface area contributed by atoms with Gasteiger partial charge in [-0.05, 0) is 48.0 Å². The summed E-state index contributed by atoms with van der Waals surface area (Å²) in [4.78, 5) is 21.0. The Kier molecular flexibility index (Phi) is 6.01. The summed E-state index contributed by atoms with van der Waals surface area (Å²) < 4.78 is 5.14. The second-order valence-corrected chi connectivity index (χ2v) is 7.41. The maximum atomic E-state index is 12.4. The fourth-order valence-corrected chi connectivity index (χ4v) is 3.66. The van der Waals surface area contributed by atoms with Crippen molar-refractivity contribution < 1.29 is 9.53 Å². The number of methoxy groups -OCH3 is 1. The zero-order valence-electron chi connectivity index (χ0n) is 16.3. The lowest BCUT2D eigenvalue weighted by Gasteiger charge is -2.08. The topological polar surface area (TPSA) is 76.1 Å². The van der Waals surface area contributed by atoms with Crippen molar-refractivity contribution in [2.75, 3.05) is 17.7 Å². The van der Waals surface area contributed by atoms with Crippen LogP contribution in [0.4, 0.5) is 16.5 Å². The van der Waals surface area contributed by atoms with Crippen LogP contribution in [0, 0.1) is 0 Å². The van der Waals surface area contributed by atoms with Crippen LogP contribution in [0.3, 0.4) is 0 Å². The van der Waals surface area contributed by atoms with Crippen LogP contribution in [-0.4, -0.2) is 23.0 Å². The Balaban J connectivity index is 1.39. The van der Waals surface area contributed by atoms with E-state index >= 15 is 0 Å². The molecule has 2 aromatic carbocycles. The van der Waals surface area contributed by atoms with Crippen molar-refractivity contribution in [2.45, 2.75) is 6.42 Å². The Hall–Kier alpha value is -3.71. The molecule has 0 atom stereocenters. The molecular formula is C23H20N4O2S. The first-order valence-corrected chi connectivity index (χ1v) is 10.2. The number of ether oxygens (including phenoxy) is 1. The van der Waals surface area contributed by atoms with Gasteiger partial charge in [0, 0.05) is 34.7 Å². The van der Waals surface area contributed by atoms with E-state index < -0.39 is 0 Å². The van der Waals surface area contributed by atoms with E-state index in [0.29, 0.717) is 6.42 Å². The molecule has 0 radical (unpaired) electrons. The highest BCUT2D eigenvalue weighted by molar-refractivity contribution is 7.14. The third-order valence-electron chi connectivity index (χ3n) is 4.40. The number of nitrogens with one attached hydrogen (secondary N) is 2. The van der Waals surface area contributed by atoms with E-state index in [1.807, 2.05) is 66.0 Å². The summed E-state index contributed by atoms with van der Waals surface area (Å²) in [5.74, 6) is 0.693. The maximum Gasteiger partial charge on any atom is 0.228 e. The van der Waals surface area contributed by atoms with Crippen molar-refractivity contribution in [3.63, 3.8) is 0 Å². The van der Waals surface area contributed by atoms with Gasteiger partial charge in [-0.15, -0.1) is 11.3 Å². The van der Waals surface area contributed by atoms with Gasteiger partial charge in [0.15, 0.2) is 5.13 Å². The van der Waals surface area contributed by atoms with Crippen molar-refractivity contribution in [3.05, 3.63) is 84.0 Å². The van der Waals surface area contributed by atoms with Gasteiger partial charge in [-0.2, -0.15) is 0 Å². The van der Waals surface area contributed by atoms with Crippen molar-refractivity contribution in [3.8, 4) is 17.0 Å². The van der Waals surface area contributed by atoms with Gasteiger partial charge in [-0.1, -0.05) is 18.2 Å². The highest BCUT2D eigenvalue weighted by Gasteiger charge is 2.07. The average Bonchev–Trinajstić information content (AvgIpc) is 3.23. The SMILES string of the molecule is COc1ccc(CC(=O)Nc2cccc(Nc3nc(-c4ccncc4)cs3)c2)cc1. The van der Waals surface area contributed by atoms with Gasteiger partial charge in [0.05, 0.1) is 19.2 Å². The molecule has 0 bridgehead atoms. The molecular weight excluding hydrogens is 396 g/mol. The fourth-order valence-electron chi connectivity index (χ4n) is 2.92.